The van der Waals surface area contributed by atoms with Crippen molar-refractivity contribution in [2.75, 3.05) is 12.0 Å². The molecule has 2 aromatic rings. The predicted octanol–water partition coefficient (Wildman–Crippen LogP) is 2.49. The number of esters is 1. The first-order valence-corrected chi connectivity index (χ1v) is 7.13. The lowest BCUT2D eigenvalue weighted by Crippen LogP contribution is -2.35. The number of benzene rings is 2. The van der Waals surface area contributed by atoms with E-state index in [1.807, 2.05) is 0 Å². The molecular weight excluding hydrogens is 296 g/mol. The van der Waals surface area contributed by atoms with Crippen LogP contribution in [0, 0.1) is 0 Å². The zero-order chi connectivity index (χ0) is 16.4. The molecule has 2 amide bonds. The van der Waals surface area contributed by atoms with E-state index in [1.54, 1.807) is 49.4 Å². The fraction of sp³-hybridized carbons (Fsp3) is 0.118. The molecule has 1 heterocycles. The molecule has 1 N–H and O–H groups in total. The van der Waals surface area contributed by atoms with Crippen LogP contribution in [0.1, 0.15) is 38.0 Å². The van der Waals surface area contributed by atoms with E-state index in [1.165, 1.54) is 6.07 Å². The fourth-order valence-electron chi connectivity index (χ4n) is 2.35. The van der Waals surface area contributed by atoms with Crippen molar-refractivity contribution in [1.82, 2.24) is 5.01 Å². The molecule has 0 aliphatic carbocycles. The number of nitrogens with zero attached hydrogens (tertiary/aromatic N) is 1. The van der Waals surface area contributed by atoms with E-state index in [9.17, 15) is 14.4 Å². The van der Waals surface area contributed by atoms with E-state index < -0.39 is 17.8 Å². The number of hydrazine groups is 1. The van der Waals surface area contributed by atoms with Crippen LogP contribution in [-0.2, 0) is 4.74 Å². The monoisotopic (exact) mass is 310 g/mol. The molecule has 0 radical (unpaired) electrons. The van der Waals surface area contributed by atoms with Gasteiger partial charge in [-0.05, 0) is 37.3 Å². The molecule has 0 atom stereocenters. The van der Waals surface area contributed by atoms with Crippen LogP contribution in [0.3, 0.4) is 0 Å². The van der Waals surface area contributed by atoms with E-state index in [4.69, 9.17) is 4.74 Å². The Morgan fingerprint density at radius 1 is 1.04 bits per heavy atom. The molecule has 0 saturated carbocycles. The minimum absolute atomic E-state index is 0.273. The van der Waals surface area contributed by atoms with Crippen LogP contribution >= 0.6 is 0 Å². The Hall–Kier alpha value is -3.15. The van der Waals surface area contributed by atoms with Crippen LogP contribution < -0.4 is 5.43 Å². The summed E-state index contributed by atoms with van der Waals surface area (Å²) in [4.78, 5) is 36.3. The molecule has 0 spiro atoms. The van der Waals surface area contributed by atoms with E-state index in [-0.39, 0.29) is 6.61 Å². The van der Waals surface area contributed by atoms with Gasteiger partial charge in [-0.2, -0.15) is 5.01 Å². The van der Waals surface area contributed by atoms with Gasteiger partial charge in [-0.3, -0.25) is 15.0 Å². The SMILES string of the molecule is CCOC(=O)c1cccc(NN2C(=O)c3ccccc3C2=O)c1. The Balaban J connectivity index is 1.84. The van der Waals surface area contributed by atoms with Gasteiger partial charge in [-0.15, -0.1) is 0 Å². The Morgan fingerprint density at radius 2 is 1.70 bits per heavy atom. The second-order valence-electron chi connectivity index (χ2n) is 4.90. The van der Waals surface area contributed by atoms with Gasteiger partial charge >= 0.3 is 5.97 Å². The van der Waals surface area contributed by atoms with Gasteiger partial charge in [0.15, 0.2) is 0 Å². The van der Waals surface area contributed by atoms with Crippen molar-refractivity contribution in [3.63, 3.8) is 0 Å². The van der Waals surface area contributed by atoms with Gasteiger partial charge in [-0.1, -0.05) is 18.2 Å². The number of amides is 2. The highest BCUT2D eigenvalue weighted by molar-refractivity contribution is 6.21. The summed E-state index contributed by atoms with van der Waals surface area (Å²) < 4.78 is 4.93. The third-order valence-corrected chi connectivity index (χ3v) is 3.41. The standard InChI is InChI=1S/C17H14N2O4/c1-2-23-17(22)11-6-5-7-12(10-11)18-19-15(20)13-8-3-4-9-14(13)16(19)21/h3-10,18H,2H2,1H3. The predicted molar refractivity (Wildman–Crippen MR) is 83.0 cm³/mol. The molecule has 0 saturated heterocycles. The summed E-state index contributed by atoms with van der Waals surface area (Å²) in [6.45, 7) is 1.99. The zero-order valence-corrected chi connectivity index (χ0v) is 12.4. The largest absolute Gasteiger partial charge is 0.462 e. The Labute approximate surface area is 132 Å². The molecule has 6 nitrogen and oxygen atoms in total. The summed E-state index contributed by atoms with van der Waals surface area (Å²) in [6, 6.07) is 13.1. The van der Waals surface area contributed by atoms with E-state index in [0.29, 0.717) is 22.4 Å². The normalized spacial score (nSPS) is 13.0. The molecule has 0 aromatic heterocycles. The van der Waals surface area contributed by atoms with Gasteiger partial charge in [0.05, 0.1) is 29.0 Å². The quantitative estimate of drug-likeness (QED) is 0.693. The number of nitrogens with one attached hydrogen (secondary N) is 1. The summed E-state index contributed by atoms with van der Waals surface area (Å²) >= 11 is 0. The molecule has 6 heteroatoms. The fourth-order valence-corrected chi connectivity index (χ4v) is 2.35. The summed E-state index contributed by atoms with van der Waals surface area (Å²) in [6.07, 6.45) is 0. The molecule has 2 aromatic carbocycles. The first-order chi connectivity index (χ1) is 11.1. The highest BCUT2D eigenvalue weighted by Crippen LogP contribution is 2.23. The summed E-state index contributed by atoms with van der Waals surface area (Å²) in [5.41, 5.74) is 4.25. The van der Waals surface area contributed by atoms with E-state index in [0.717, 1.165) is 5.01 Å². The molecule has 3 rings (SSSR count). The number of ether oxygens (including phenoxy) is 1. The molecule has 1 aliphatic rings. The smallest absolute Gasteiger partial charge is 0.338 e. The number of fused-ring (bicyclic) bond motifs is 1. The maximum absolute atomic E-state index is 12.3. The molecule has 0 fully saturated rings. The lowest BCUT2D eigenvalue weighted by atomic mass is 10.1. The highest BCUT2D eigenvalue weighted by atomic mass is 16.5. The zero-order valence-electron chi connectivity index (χ0n) is 12.4. The number of anilines is 1. The van der Waals surface area contributed by atoms with Crippen molar-refractivity contribution in [1.29, 1.82) is 0 Å². The highest BCUT2D eigenvalue weighted by Gasteiger charge is 2.35. The number of carbonyl (C=O) groups excluding carboxylic acids is 3. The van der Waals surface area contributed by atoms with Gasteiger partial charge in [0.1, 0.15) is 0 Å². The lowest BCUT2D eigenvalue weighted by molar-refractivity contribution is 0.0526. The Kier molecular flexibility index (Phi) is 3.80. The van der Waals surface area contributed by atoms with Crippen molar-refractivity contribution < 1.29 is 19.1 Å². The first kappa shape index (κ1) is 14.8. The third kappa shape index (κ3) is 2.66. The molecular formula is C17H14N2O4. The van der Waals surface area contributed by atoms with E-state index in [2.05, 4.69) is 5.43 Å². The van der Waals surface area contributed by atoms with Crippen molar-refractivity contribution in [3.8, 4) is 0 Å². The second-order valence-corrected chi connectivity index (χ2v) is 4.90. The Morgan fingerprint density at radius 3 is 2.30 bits per heavy atom. The molecule has 23 heavy (non-hydrogen) atoms. The lowest BCUT2D eigenvalue weighted by Gasteiger charge is -2.16. The van der Waals surface area contributed by atoms with Gasteiger partial charge in [0, 0.05) is 0 Å². The molecule has 1 aliphatic heterocycles. The van der Waals surface area contributed by atoms with Crippen LogP contribution in [-0.4, -0.2) is 29.4 Å². The Bertz CT molecular complexity index is 766. The maximum Gasteiger partial charge on any atom is 0.338 e. The minimum atomic E-state index is -0.460. The van der Waals surface area contributed by atoms with Gasteiger partial charge in [0.25, 0.3) is 11.8 Å². The van der Waals surface area contributed by atoms with Crippen LogP contribution in [0.15, 0.2) is 48.5 Å². The van der Waals surface area contributed by atoms with Crippen molar-refractivity contribution in [3.05, 3.63) is 65.2 Å². The number of hydrogen-bond donors (Lipinski definition) is 1. The number of carbonyl (C=O) groups is 3. The van der Waals surface area contributed by atoms with Crippen LogP contribution in [0.5, 0.6) is 0 Å². The molecule has 116 valence electrons. The molecule has 0 unspecified atom stereocenters. The van der Waals surface area contributed by atoms with Crippen molar-refractivity contribution in [2.45, 2.75) is 6.92 Å². The second kappa shape index (κ2) is 5.92. The summed E-state index contributed by atoms with van der Waals surface area (Å²) in [7, 11) is 0. The summed E-state index contributed by atoms with van der Waals surface area (Å²) in [5.74, 6) is -1.31. The van der Waals surface area contributed by atoms with Crippen LogP contribution in [0.4, 0.5) is 5.69 Å². The number of imide groups is 1. The van der Waals surface area contributed by atoms with Crippen LogP contribution in [0.2, 0.25) is 0 Å². The molecule has 0 bridgehead atoms. The number of rotatable bonds is 4. The number of hydrogen-bond acceptors (Lipinski definition) is 5. The van der Waals surface area contributed by atoms with E-state index >= 15 is 0 Å². The average molecular weight is 310 g/mol. The summed E-state index contributed by atoms with van der Waals surface area (Å²) in [5, 5.41) is 0.939. The third-order valence-electron chi connectivity index (χ3n) is 3.41. The van der Waals surface area contributed by atoms with Gasteiger partial charge < -0.3 is 4.74 Å². The van der Waals surface area contributed by atoms with Gasteiger partial charge in [-0.25, -0.2) is 4.79 Å². The van der Waals surface area contributed by atoms with Crippen LogP contribution in [0.25, 0.3) is 0 Å². The minimum Gasteiger partial charge on any atom is -0.462 e. The topological polar surface area (TPSA) is 75.7 Å². The van der Waals surface area contributed by atoms with Crippen molar-refractivity contribution in [2.24, 2.45) is 0 Å². The van der Waals surface area contributed by atoms with Gasteiger partial charge in [0.2, 0.25) is 0 Å². The average Bonchev–Trinajstić information content (AvgIpc) is 2.81. The maximum atomic E-state index is 12.3. The first-order valence-electron chi connectivity index (χ1n) is 7.13. The van der Waals surface area contributed by atoms with Crippen molar-refractivity contribution >= 4 is 23.5 Å².